The van der Waals surface area contributed by atoms with Crippen LogP contribution in [0.5, 0.6) is 0 Å². The van der Waals surface area contributed by atoms with Gasteiger partial charge in [0.25, 0.3) is 5.91 Å². The molecule has 4 heteroatoms. The van der Waals surface area contributed by atoms with Gasteiger partial charge in [-0.05, 0) is 38.3 Å². The molecule has 1 heterocycles. The Labute approximate surface area is 112 Å². The second kappa shape index (κ2) is 5.85. The maximum Gasteiger partial charge on any atom is 0.261 e. The molecule has 100 valence electrons. The zero-order valence-corrected chi connectivity index (χ0v) is 11.8. The minimum atomic E-state index is -0.245. The van der Waals surface area contributed by atoms with Gasteiger partial charge in [0, 0.05) is 17.3 Å². The summed E-state index contributed by atoms with van der Waals surface area (Å²) in [5.41, 5.74) is 1.17. The maximum absolute atomic E-state index is 12.0. The molecule has 0 saturated heterocycles. The summed E-state index contributed by atoms with van der Waals surface area (Å²) in [5, 5.41) is 12.8. The molecule has 1 amide bonds. The Morgan fingerprint density at radius 2 is 2.17 bits per heavy atom. The number of aliphatic hydroxyl groups is 1. The molecular formula is C14H21NO2S. The van der Waals surface area contributed by atoms with Crippen LogP contribution in [0.3, 0.4) is 0 Å². The molecule has 1 aliphatic rings. The second-order valence-electron chi connectivity index (χ2n) is 5.17. The molecule has 0 aliphatic heterocycles. The fourth-order valence-corrected chi connectivity index (χ4v) is 3.37. The lowest BCUT2D eigenvalue weighted by molar-refractivity contribution is 0.0664. The molecule has 2 unspecified atom stereocenters. The van der Waals surface area contributed by atoms with Crippen LogP contribution >= 0.6 is 11.3 Å². The quantitative estimate of drug-likeness (QED) is 0.884. The number of hydrogen-bond donors (Lipinski definition) is 2. The maximum atomic E-state index is 12.0. The van der Waals surface area contributed by atoms with E-state index in [1.165, 1.54) is 21.8 Å². The van der Waals surface area contributed by atoms with Crippen molar-refractivity contribution in [3.8, 4) is 0 Å². The highest BCUT2D eigenvalue weighted by Crippen LogP contribution is 2.24. The van der Waals surface area contributed by atoms with Crippen molar-refractivity contribution in [1.82, 2.24) is 5.32 Å². The average Bonchev–Trinajstić information content (AvgIpc) is 2.68. The monoisotopic (exact) mass is 267 g/mol. The van der Waals surface area contributed by atoms with E-state index in [0.29, 0.717) is 6.54 Å². The van der Waals surface area contributed by atoms with E-state index < -0.39 is 0 Å². The first-order chi connectivity index (χ1) is 8.58. The molecule has 1 aromatic rings. The van der Waals surface area contributed by atoms with E-state index in [-0.39, 0.29) is 17.9 Å². The molecule has 1 aliphatic carbocycles. The van der Waals surface area contributed by atoms with Crippen LogP contribution in [0.2, 0.25) is 0 Å². The molecule has 2 N–H and O–H groups in total. The Morgan fingerprint density at radius 3 is 2.78 bits per heavy atom. The van der Waals surface area contributed by atoms with Gasteiger partial charge in [-0.3, -0.25) is 4.79 Å². The highest BCUT2D eigenvalue weighted by Gasteiger charge is 2.23. The van der Waals surface area contributed by atoms with E-state index in [0.717, 1.165) is 30.6 Å². The van der Waals surface area contributed by atoms with Crippen molar-refractivity contribution in [2.45, 2.75) is 45.6 Å². The lowest BCUT2D eigenvalue weighted by atomic mass is 9.86. The molecule has 2 atom stereocenters. The first-order valence-corrected chi connectivity index (χ1v) is 7.43. The van der Waals surface area contributed by atoms with Crippen LogP contribution < -0.4 is 5.32 Å². The Hall–Kier alpha value is -0.870. The normalized spacial score (nSPS) is 23.9. The van der Waals surface area contributed by atoms with Gasteiger partial charge in [0.15, 0.2) is 0 Å². The minimum Gasteiger partial charge on any atom is -0.393 e. The van der Waals surface area contributed by atoms with E-state index in [2.05, 4.69) is 5.32 Å². The van der Waals surface area contributed by atoms with Gasteiger partial charge in [-0.1, -0.05) is 12.8 Å². The van der Waals surface area contributed by atoms with Crippen LogP contribution in [0, 0.1) is 19.8 Å². The lowest BCUT2D eigenvalue weighted by Crippen LogP contribution is -2.36. The summed E-state index contributed by atoms with van der Waals surface area (Å²) < 4.78 is 0. The molecule has 0 radical (unpaired) electrons. The van der Waals surface area contributed by atoms with E-state index in [4.69, 9.17) is 0 Å². The summed E-state index contributed by atoms with van der Waals surface area (Å²) in [5.74, 6) is 0.221. The van der Waals surface area contributed by atoms with E-state index in [1.54, 1.807) is 0 Å². The summed E-state index contributed by atoms with van der Waals surface area (Å²) >= 11 is 1.54. The number of aryl methyl sites for hydroxylation is 2. The van der Waals surface area contributed by atoms with Gasteiger partial charge in [-0.25, -0.2) is 0 Å². The summed E-state index contributed by atoms with van der Waals surface area (Å²) in [7, 11) is 0. The predicted octanol–water partition coefficient (Wildman–Crippen LogP) is 2.65. The third kappa shape index (κ3) is 3.12. The van der Waals surface area contributed by atoms with Gasteiger partial charge in [0.05, 0.1) is 11.0 Å². The van der Waals surface area contributed by atoms with Crippen LogP contribution in [0.4, 0.5) is 0 Å². The molecule has 0 bridgehead atoms. The topological polar surface area (TPSA) is 49.3 Å². The van der Waals surface area contributed by atoms with Crippen molar-refractivity contribution >= 4 is 17.2 Å². The van der Waals surface area contributed by atoms with Crippen molar-refractivity contribution < 1.29 is 9.90 Å². The molecule has 1 aromatic heterocycles. The Morgan fingerprint density at radius 1 is 1.44 bits per heavy atom. The van der Waals surface area contributed by atoms with Gasteiger partial charge in [-0.15, -0.1) is 11.3 Å². The molecule has 1 fully saturated rings. The molecule has 18 heavy (non-hydrogen) atoms. The fourth-order valence-electron chi connectivity index (χ4n) is 2.42. The SMILES string of the molecule is Cc1cc(C(=O)NCC2CCCCC2O)sc1C. The number of hydrogen-bond acceptors (Lipinski definition) is 3. The predicted molar refractivity (Wildman–Crippen MR) is 74.1 cm³/mol. The zero-order valence-electron chi connectivity index (χ0n) is 11.0. The summed E-state index contributed by atoms with van der Waals surface area (Å²) in [4.78, 5) is 13.9. The van der Waals surface area contributed by atoms with Crippen molar-refractivity contribution in [1.29, 1.82) is 0 Å². The van der Waals surface area contributed by atoms with Gasteiger partial charge >= 0.3 is 0 Å². The lowest BCUT2D eigenvalue weighted by Gasteiger charge is -2.27. The molecule has 0 spiro atoms. The number of carbonyl (C=O) groups excluding carboxylic acids is 1. The average molecular weight is 267 g/mol. The van der Waals surface area contributed by atoms with Crippen molar-refractivity contribution in [2.24, 2.45) is 5.92 Å². The van der Waals surface area contributed by atoms with E-state index in [9.17, 15) is 9.90 Å². The molecule has 0 aromatic carbocycles. The Bertz CT molecular complexity index is 408. The van der Waals surface area contributed by atoms with E-state index >= 15 is 0 Å². The van der Waals surface area contributed by atoms with Crippen LogP contribution in [0.15, 0.2) is 6.07 Å². The highest BCUT2D eigenvalue weighted by molar-refractivity contribution is 7.14. The molecule has 3 nitrogen and oxygen atoms in total. The number of carbonyl (C=O) groups is 1. The van der Waals surface area contributed by atoms with Crippen LogP contribution in [0.1, 0.15) is 45.8 Å². The number of nitrogens with one attached hydrogen (secondary N) is 1. The Kier molecular flexibility index (Phi) is 4.40. The van der Waals surface area contributed by atoms with Crippen molar-refractivity contribution in [2.75, 3.05) is 6.54 Å². The van der Waals surface area contributed by atoms with Gasteiger partial charge in [-0.2, -0.15) is 0 Å². The van der Waals surface area contributed by atoms with Gasteiger partial charge < -0.3 is 10.4 Å². The smallest absolute Gasteiger partial charge is 0.261 e. The number of rotatable bonds is 3. The summed E-state index contributed by atoms with van der Waals surface area (Å²) in [6, 6.07) is 1.94. The number of aliphatic hydroxyl groups excluding tert-OH is 1. The zero-order chi connectivity index (χ0) is 13.1. The van der Waals surface area contributed by atoms with Crippen molar-refractivity contribution in [3.05, 3.63) is 21.4 Å². The van der Waals surface area contributed by atoms with Crippen LogP contribution in [-0.2, 0) is 0 Å². The minimum absolute atomic E-state index is 0.00558. The Balaban J connectivity index is 1.88. The third-order valence-electron chi connectivity index (χ3n) is 3.78. The molecule has 2 rings (SSSR count). The first-order valence-electron chi connectivity index (χ1n) is 6.61. The highest BCUT2D eigenvalue weighted by atomic mass is 32.1. The summed E-state index contributed by atoms with van der Waals surface area (Å²) in [6.45, 7) is 4.64. The third-order valence-corrected chi connectivity index (χ3v) is 4.93. The fraction of sp³-hybridized carbons (Fsp3) is 0.643. The summed E-state index contributed by atoms with van der Waals surface area (Å²) in [6.07, 6.45) is 3.91. The van der Waals surface area contributed by atoms with Crippen LogP contribution in [-0.4, -0.2) is 23.7 Å². The van der Waals surface area contributed by atoms with Gasteiger partial charge in [0.1, 0.15) is 0 Å². The first kappa shape index (κ1) is 13.6. The standard InChI is InChI=1S/C14H21NO2S/c1-9-7-13(18-10(9)2)14(17)15-8-11-5-3-4-6-12(11)16/h7,11-12,16H,3-6,8H2,1-2H3,(H,15,17). The molecule has 1 saturated carbocycles. The number of thiophene rings is 1. The largest absolute Gasteiger partial charge is 0.393 e. The van der Waals surface area contributed by atoms with E-state index in [1.807, 2.05) is 19.9 Å². The number of amides is 1. The molecular weight excluding hydrogens is 246 g/mol. The van der Waals surface area contributed by atoms with Crippen molar-refractivity contribution in [3.63, 3.8) is 0 Å². The second-order valence-corrected chi connectivity index (χ2v) is 6.43. The van der Waals surface area contributed by atoms with Gasteiger partial charge in [0.2, 0.25) is 0 Å². The van der Waals surface area contributed by atoms with Crippen LogP contribution in [0.25, 0.3) is 0 Å².